The minimum absolute atomic E-state index is 0.0862. The molecule has 1 amide bonds. The number of amides is 1. The van der Waals surface area contributed by atoms with Gasteiger partial charge in [0.2, 0.25) is 0 Å². The lowest BCUT2D eigenvalue weighted by Crippen LogP contribution is -2.23. The van der Waals surface area contributed by atoms with Crippen LogP contribution in [-0.4, -0.2) is 10.9 Å². The predicted octanol–water partition coefficient (Wildman–Crippen LogP) is 3.64. The molecule has 22 heavy (non-hydrogen) atoms. The molecule has 4 nitrogen and oxygen atoms in total. The SMILES string of the molecule is O=C(NCc1ccco1)c1cc(C2CC2)nc2ccccc12. The average molecular weight is 292 g/mol. The summed E-state index contributed by atoms with van der Waals surface area (Å²) in [6.07, 6.45) is 3.94. The van der Waals surface area contributed by atoms with Crippen LogP contribution in [-0.2, 0) is 6.54 Å². The van der Waals surface area contributed by atoms with Crippen LogP contribution in [0.1, 0.15) is 40.6 Å². The predicted molar refractivity (Wildman–Crippen MR) is 83.6 cm³/mol. The molecule has 0 saturated heterocycles. The van der Waals surface area contributed by atoms with Gasteiger partial charge < -0.3 is 9.73 Å². The minimum atomic E-state index is -0.0862. The number of fused-ring (bicyclic) bond motifs is 1. The highest BCUT2D eigenvalue weighted by Gasteiger charge is 2.26. The molecule has 110 valence electrons. The van der Waals surface area contributed by atoms with Gasteiger partial charge in [-0.05, 0) is 37.1 Å². The van der Waals surface area contributed by atoms with Crippen LogP contribution in [0.15, 0.2) is 53.1 Å². The molecule has 4 heteroatoms. The van der Waals surface area contributed by atoms with E-state index in [4.69, 9.17) is 9.40 Å². The van der Waals surface area contributed by atoms with Crippen molar-refractivity contribution in [1.29, 1.82) is 0 Å². The Balaban J connectivity index is 1.68. The third kappa shape index (κ3) is 2.48. The number of hydrogen-bond acceptors (Lipinski definition) is 3. The van der Waals surface area contributed by atoms with Crippen LogP contribution in [0.4, 0.5) is 0 Å². The van der Waals surface area contributed by atoms with Gasteiger partial charge in [-0.25, -0.2) is 0 Å². The number of para-hydroxylation sites is 1. The van der Waals surface area contributed by atoms with Gasteiger partial charge in [0.1, 0.15) is 5.76 Å². The van der Waals surface area contributed by atoms with Crippen molar-refractivity contribution in [1.82, 2.24) is 10.3 Å². The topological polar surface area (TPSA) is 55.1 Å². The van der Waals surface area contributed by atoms with E-state index in [1.165, 1.54) is 12.8 Å². The number of aromatic nitrogens is 1. The van der Waals surface area contributed by atoms with Crippen molar-refractivity contribution in [2.45, 2.75) is 25.3 Å². The van der Waals surface area contributed by atoms with Gasteiger partial charge in [-0.2, -0.15) is 0 Å². The first-order valence-electron chi connectivity index (χ1n) is 7.51. The van der Waals surface area contributed by atoms with Crippen molar-refractivity contribution < 1.29 is 9.21 Å². The first-order chi connectivity index (χ1) is 10.8. The summed E-state index contributed by atoms with van der Waals surface area (Å²) in [5.41, 5.74) is 2.61. The fraction of sp³-hybridized carbons (Fsp3) is 0.222. The number of pyridine rings is 1. The summed E-state index contributed by atoms with van der Waals surface area (Å²) < 4.78 is 5.25. The van der Waals surface area contributed by atoms with Gasteiger partial charge >= 0.3 is 0 Å². The fourth-order valence-electron chi connectivity index (χ4n) is 2.65. The van der Waals surface area contributed by atoms with E-state index >= 15 is 0 Å². The highest BCUT2D eigenvalue weighted by molar-refractivity contribution is 6.06. The first-order valence-corrected chi connectivity index (χ1v) is 7.51. The maximum absolute atomic E-state index is 12.6. The van der Waals surface area contributed by atoms with Gasteiger partial charge in [-0.15, -0.1) is 0 Å². The normalized spacial score (nSPS) is 14.2. The van der Waals surface area contributed by atoms with Crippen LogP contribution in [0.3, 0.4) is 0 Å². The minimum Gasteiger partial charge on any atom is -0.467 e. The molecule has 2 aromatic heterocycles. The zero-order valence-corrected chi connectivity index (χ0v) is 12.1. The van der Waals surface area contributed by atoms with E-state index in [1.54, 1.807) is 6.26 Å². The third-order valence-electron chi connectivity index (χ3n) is 3.98. The van der Waals surface area contributed by atoms with E-state index < -0.39 is 0 Å². The largest absolute Gasteiger partial charge is 0.467 e. The van der Waals surface area contributed by atoms with Crippen molar-refractivity contribution in [2.75, 3.05) is 0 Å². The molecule has 1 N–H and O–H groups in total. The molecule has 1 aliphatic carbocycles. The maximum atomic E-state index is 12.6. The molecule has 1 aliphatic rings. The quantitative estimate of drug-likeness (QED) is 0.798. The zero-order valence-electron chi connectivity index (χ0n) is 12.1. The van der Waals surface area contributed by atoms with Gasteiger partial charge in [0, 0.05) is 17.0 Å². The molecule has 0 bridgehead atoms. The Labute approximate surface area is 128 Å². The molecule has 0 unspecified atom stereocenters. The summed E-state index contributed by atoms with van der Waals surface area (Å²) in [6.45, 7) is 0.390. The van der Waals surface area contributed by atoms with Crippen LogP contribution >= 0.6 is 0 Å². The Morgan fingerprint density at radius 2 is 2.09 bits per heavy atom. The van der Waals surface area contributed by atoms with Crippen LogP contribution in [0, 0.1) is 0 Å². The second-order valence-corrected chi connectivity index (χ2v) is 5.65. The van der Waals surface area contributed by atoms with E-state index in [1.807, 2.05) is 42.5 Å². The Hall–Kier alpha value is -2.62. The molecule has 1 aromatic carbocycles. The third-order valence-corrected chi connectivity index (χ3v) is 3.98. The number of carbonyl (C=O) groups excluding carboxylic acids is 1. The summed E-state index contributed by atoms with van der Waals surface area (Å²) in [7, 11) is 0. The van der Waals surface area contributed by atoms with Crippen LogP contribution in [0.25, 0.3) is 10.9 Å². The Morgan fingerprint density at radius 1 is 1.23 bits per heavy atom. The van der Waals surface area contributed by atoms with Crippen molar-refractivity contribution in [2.24, 2.45) is 0 Å². The van der Waals surface area contributed by atoms with E-state index in [0.717, 1.165) is 22.4 Å². The van der Waals surface area contributed by atoms with E-state index in [2.05, 4.69) is 5.32 Å². The Bertz CT molecular complexity index is 820. The maximum Gasteiger partial charge on any atom is 0.252 e. The first kappa shape index (κ1) is 13.1. The fourth-order valence-corrected chi connectivity index (χ4v) is 2.65. The molecule has 3 aromatic rings. The molecular weight excluding hydrogens is 276 g/mol. The second-order valence-electron chi connectivity index (χ2n) is 5.65. The lowest BCUT2D eigenvalue weighted by Gasteiger charge is -2.09. The zero-order chi connectivity index (χ0) is 14.9. The Morgan fingerprint density at radius 3 is 2.86 bits per heavy atom. The number of nitrogens with zero attached hydrogens (tertiary/aromatic N) is 1. The molecule has 1 saturated carbocycles. The lowest BCUT2D eigenvalue weighted by molar-refractivity contribution is 0.0949. The molecule has 0 spiro atoms. The molecule has 0 atom stereocenters. The van der Waals surface area contributed by atoms with E-state index in [0.29, 0.717) is 18.0 Å². The Kier molecular flexibility index (Phi) is 3.15. The summed E-state index contributed by atoms with van der Waals surface area (Å²) >= 11 is 0. The van der Waals surface area contributed by atoms with Crippen molar-refractivity contribution in [3.8, 4) is 0 Å². The van der Waals surface area contributed by atoms with Gasteiger partial charge in [-0.1, -0.05) is 18.2 Å². The molecular formula is C18H16N2O2. The summed E-state index contributed by atoms with van der Waals surface area (Å²) in [5.74, 6) is 1.17. The molecule has 1 fully saturated rings. The van der Waals surface area contributed by atoms with E-state index in [9.17, 15) is 4.79 Å². The smallest absolute Gasteiger partial charge is 0.252 e. The second kappa shape index (κ2) is 5.30. The van der Waals surface area contributed by atoms with E-state index in [-0.39, 0.29) is 5.91 Å². The highest BCUT2D eigenvalue weighted by atomic mass is 16.3. The summed E-state index contributed by atoms with van der Waals surface area (Å²) in [5, 5.41) is 3.81. The summed E-state index contributed by atoms with van der Waals surface area (Å²) in [6, 6.07) is 13.4. The number of furan rings is 1. The molecule has 0 radical (unpaired) electrons. The number of carbonyl (C=O) groups is 1. The number of benzene rings is 1. The van der Waals surface area contributed by atoms with Crippen molar-refractivity contribution in [3.63, 3.8) is 0 Å². The summed E-state index contributed by atoms with van der Waals surface area (Å²) in [4.78, 5) is 17.3. The van der Waals surface area contributed by atoms with Crippen molar-refractivity contribution in [3.05, 3.63) is 65.7 Å². The van der Waals surface area contributed by atoms with Crippen molar-refractivity contribution >= 4 is 16.8 Å². The standard InChI is InChI=1S/C18H16N2O2/c21-18(19-11-13-4-3-9-22-13)15-10-17(12-7-8-12)20-16-6-2-1-5-14(15)16/h1-6,9-10,12H,7-8,11H2,(H,19,21). The molecule has 0 aliphatic heterocycles. The van der Waals surface area contributed by atoms with Gasteiger partial charge in [0.05, 0.1) is 23.9 Å². The molecule has 4 rings (SSSR count). The van der Waals surface area contributed by atoms with Crippen LogP contribution in [0.2, 0.25) is 0 Å². The van der Waals surface area contributed by atoms with Crippen LogP contribution in [0.5, 0.6) is 0 Å². The van der Waals surface area contributed by atoms with Gasteiger partial charge in [0.15, 0.2) is 0 Å². The average Bonchev–Trinajstić information content (AvgIpc) is 3.28. The van der Waals surface area contributed by atoms with Crippen LogP contribution < -0.4 is 5.32 Å². The lowest BCUT2D eigenvalue weighted by atomic mass is 10.1. The van der Waals surface area contributed by atoms with Gasteiger partial charge in [-0.3, -0.25) is 9.78 Å². The number of nitrogens with one attached hydrogen (secondary N) is 1. The monoisotopic (exact) mass is 292 g/mol. The number of hydrogen-bond donors (Lipinski definition) is 1. The highest BCUT2D eigenvalue weighted by Crippen LogP contribution is 2.40. The number of rotatable bonds is 4. The molecule has 2 heterocycles. The van der Waals surface area contributed by atoms with Gasteiger partial charge in [0.25, 0.3) is 5.91 Å².